The predicted molar refractivity (Wildman–Crippen MR) is 130 cm³/mol. The maximum atomic E-state index is 13.0. The molecule has 33 heavy (non-hydrogen) atoms. The van der Waals surface area contributed by atoms with Gasteiger partial charge in [0, 0.05) is 26.2 Å². The monoisotopic (exact) mass is 475 g/mol. The molecule has 0 radical (unpaired) electrons. The number of benzene rings is 2. The average molecular weight is 476 g/mol. The molecular formula is C24H33N3O5S. The van der Waals surface area contributed by atoms with Crippen molar-refractivity contribution in [2.45, 2.75) is 32.6 Å². The Morgan fingerprint density at radius 3 is 2.39 bits per heavy atom. The number of carbonyl (C=O) groups excluding carboxylic acids is 1. The van der Waals surface area contributed by atoms with Gasteiger partial charge >= 0.3 is 0 Å². The zero-order valence-electron chi connectivity index (χ0n) is 19.8. The van der Waals surface area contributed by atoms with Crippen molar-refractivity contribution < 1.29 is 22.7 Å². The van der Waals surface area contributed by atoms with Crippen LogP contribution in [0.15, 0.2) is 41.3 Å². The van der Waals surface area contributed by atoms with Crippen molar-refractivity contribution in [1.29, 1.82) is 0 Å². The van der Waals surface area contributed by atoms with E-state index in [2.05, 4.69) is 10.2 Å². The normalized spacial score (nSPS) is 14.4. The molecule has 0 bridgehead atoms. The van der Waals surface area contributed by atoms with E-state index in [1.807, 2.05) is 32.0 Å². The van der Waals surface area contributed by atoms with Crippen molar-refractivity contribution >= 4 is 27.3 Å². The third-order valence-electron chi connectivity index (χ3n) is 5.79. The molecule has 0 spiro atoms. The van der Waals surface area contributed by atoms with Crippen LogP contribution >= 0.6 is 0 Å². The molecule has 1 aliphatic rings. The van der Waals surface area contributed by atoms with Crippen LogP contribution in [0.25, 0.3) is 0 Å². The molecule has 1 heterocycles. The van der Waals surface area contributed by atoms with Crippen LogP contribution in [-0.2, 0) is 19.6 Å². The van der Waals surface area contributed by atoms with Gasteiger partial charge in [-0.05, 0) is 55.3 Å². The Morgan fingerprint density at radius 1 is 1.06 bits per heavy atom. The van der Waals surface area contributed by atoms with E-state index in [1.165, 1.54) is 10.4 Å². The summed E-state index contributed by atoms with van der Waals surface area (Å²) in [5, 5.41) is 2.86. The number of carbonyl (C=O) groups is 1. The highest BCUT2D eigenvalue weighted by atomic mass is 32.2. The third-order valence-corrected chi connectivity index (χ3v) is 7.83. The number of morpholine rings is 1. The quantitative estimate of drug-likeness (QED) is 0.599. The maximum Gasteiger partial charge on any atom is 0.262 e. The largest absolute Gasteiger partial charge is 0.484 e. The fourth-order valence-corrected chi connectivity index (χ4v) is 5.19. The maximum absolute atomic E-state index is 13.0. The van der Waals surface area contributed by atoms with Gasteiger partial charge < -0.3 is 19.7 Å². The van der Waals surface area contributed by atoms with Crippen molar-refractivity contribution in [3.05, 3.63) is 47.5 Å². The second-order valence-corrected chi connectivity index (χ2v) is 9.89. The first kappa shape index (κ1) is 25.0. The molecule has 1 amide bonds. The Labute approximate surface area is 196 Å². The lowest BCUT2D eigenvalue weighted by Gasteiger charge is -2.31. The highest BCUT2D eigenvalue weighted by Gasteiger charge is 2.25. The van der Waals surface area contributed by atoms with E-state index >= 15 is 0 Å². The number of hydrogen-bond donors (Lipinski definition) is 1. The number of anilines is 2. The Bertz CT molecular complexity index is 1080. The zero-order chi connectivity index (χ0) is 24.0. The van der Waals surface area contributed by atoms with Crippen LogP contribution in [0, 0.1) is 13.8 Å². The van der Waals surface area contributed by atoms with Crippen molar-refractivity contribution in [2.24, 2.45) is 0 Å². The number of nitrogens with zero attached hydrogens (tertiary/aromatic N) is 2. The SMILES string of the molecule is CCN(CC)S(=O)(=O)c1ccc(N2CCOCC2)c(NC(=O)COc2ccc(C)c(C)c2)c1. The smallest absolute Gasteiger partial charge is 0.262 e. The van der Waals surface area contributed by atoms with Crippen LogP contribution < -0.4 is 15.0 Å². The van der Waals surface area contributed by atoms with E-state index in [4.69, 9.17) is 9.47 Å². The molecule has 0 unspecified atom stereocenters. The van der Waals surface area contributed by atoms with Crippen molar-refractivity contribution in [2.75, 3.05) is 56.2 Å². The Morgan fingerprint density at radius 2 is 1.76 bits per heavy atom. The van der Waals surface area contributed by atoms with E-state index in [-0.39, 0.29) is 17.4 Å². The number of ether oxygens (including phenoxy) is 2. The Kier molecular flexibility index (Phi) is 8.34. The van der Waals surface area contributed by atoms with E-state index in [1.54, 1.807) is 26.0 Å². The van der Waals surface area contributed by atoms with Crippen LogP contribution in [0.4, 0.5) is 11.4 Å². The number of rotatable bonds is 9. The molecule has 1 aliphatic heterocycles. The summed E-state index contributed by atoms with van der Waals surface area (Å²) in [5.74, 6) is 0.250. The predicted octanol–water partition coefficient (Wildman–Crippen LogP) is 3.19. The fourth-order valence-electron chi connectivity index (χ4n) is 3.71. The van der Waals surface area contributed by atoms with E-state index < -0.39 is 10.0 Å². The van der Waals surface area contributed by atoms with Gasteiger partial charge in [0.25, 0.3) is 5.91 Å². The standard InChI is InChI=1S/C24H33N3O5S/c1-5-27(6-2)33(29,30)21-9-10-23(26-11-13-31-14-12-26)22(16-21)25-24(28)17-32-20-8-7-18(3)19(4)15-20/h7-10,15-16H,5-6,11-14,17H2,1-4H3,(H,25,28). The van der Waals surface area contributed by atoms with E-state index in [0.717, 1.165) is 16.8 Å². The van der Waals surface area contributed by atoms with Gasteiger partial charge in [-0.15, -0.1) is 0 Å². The molecule has 1 saturated heterocycles. The molecular weight excluding hydrogens is 442 g/mol. The van der Waals surface area contributed by atoms with Crippen molar-refractivity contribution in [3.63, 3.8) is 0 Å². The van der Waals surface area contributed by atoms with Gasteiger partial charge in [-0.25, -0.2) is 8.42 Å². The minimum absolute atomic E-state index is 0.147. The number of nitrogens with one attached hydrogen (secondary N) is 1. The van der Waals surface area contributed by atoms with Crippen molar-refractivity contribution in [3.8, 4) is 5.75 Å². The summed E-state index contributed by atoms with van der Waals surface area (Å²) < 4.78 is 38.6. The van der Waals surface area contributed by atoms with Gasteiger partial charge in [0.2, 0.25) is 10.0 Å². The lowest BCUT2D eigenvalue weighted by molar-refractivity contribution is -0.118. The van der Waals surface area contributed by atoms with Gasteiger partial charge in [-0.3, -0.25) is 4.79 Å². The van der Waals surface area contributed by atoms with Crippen LogP contribution in [0.5, 0.6) is 5.75 Å². The highest BCUT2D eigenvalue weighted by Crippen LogP contribution is 2.31. The van der Waals surface area contributed by atoms with E-state index in [0.29, 0.717) is 50.8 Å². The molecule has 0 atom stereocenters. The first-order chi connectivity index (χ1) is 15.8. The van der Waals surface area contributed by atoms with Gasteiger partial charge in [0.15, 0.2) is 6.61 Å². The average Bonchev–Trinajstić information content (AvgIpc) is 2.81. The summed E-state index contributed by atoms with van der Waals surface area (Å²) in [6.45, 7) is 10.6. The van der Waals surface area contributed by atoms with Crippen LogP contribution in [0.3, 0.4) is 0 Å². The summed E-state index contributed by atoms with van der Waals surface area (Å²) in [4.78, 5) is 15.0. The molecule has 8 nitrogen and oxygen atoms in total. The van der Waals surface area contributed by atoms with Crippen molar-refractivity contribution in [1.82, 2.24) is 4.31 Å². The number of aryl methyl sites for hydroxylation is 2. The second kappa shape index (κ2) is 11.0. The second-order valence-electron chi connectivity index (χ2n) is 7.95. The highest BCUT2D eigenvalue weighted by molar-refractivity contribution is 7.89. The molecule has 2 aromatic rings. The molecule has 2 aromatic carbocycles. The summed E-state index contributed by atoms with van der Waals surface area (Å²) in [6, 6.07) is 10.5. The minimum Gasteiger partial charge on any atom is -0.484 e. The number of amides is 1. The molecule has 0 aliphatic carbocycles. The molecule has 1 N–H and O–H groups in total. The van der Waals surface area contributed by atoms with Crippen LogP contribution in [-0.4, -0.2) is 64.6 Å². The van der Waals surface area contributed by atoms with E-state index in [9.17, 15) is 13.2 Å². The molecule has 3 rings (SSSR count). The topological polar surface area (TPSA) is 88.2 Å². The van der Waals surface area contributed by atoms with Crippen LogP contribution in [0.1, 0.15) is 25.0 Å². The van der Waals surface area contributed by atoms with Gasteiger partial charge in [0.05, 0.1) is 29.5 Å². The lowest BCUT2D eigenvalue weighted by atomic mass is 10.1. The Hall–Kier alpha value is -2.62. The number of sulfonamides is 1. The summed E-state index contributed by atoms with van der Waals surface area (Å²) >= 11 is 0. The van der Waals surface area contributed by atoms with Crippen LogP contribution in [0.2, 0.25) is 0 Å². The lowest BCUT2D eigenvalue weighted by Crippen LogP contribution is -2.37. The minimum atomic E-state index is -3.66. The molecule has 1 fully saturated rings. The molecule has 0 aromatic heterocycles. The number of hydrogen-bond acceptors (Lipinski definition) is 6. The first-order valence-electron chi connectivity index (χ1n) is 11.2. The third kappa shape index (κ3) is 6.04. The molecule has 180 valence electrons. The summed E-state index contributed by atoms with van der Waals surface area (Å²) in [5.41, 5.74) is 3.43. The zero-order valence-corrected chi connectivity index (χ0v) is 20.6. The molecule has 0 saturated carbocycles. The molecule has 9 heteroatoms. The first-order valence-corrected chi connectivity index (χ1v) is 12.7. The fraction of sp³-hybridized carbons (Fsp3) is 0.458. The van der Waals surface area contributed by atoms with Gasteiger partial charge in [-0.1, -0.05) is 19.9 Å². The summed E-state index contributed by atoms with van der Waals surface area (Å²) in [7, 11) is -3.66. The summed E-state index contributed by atoms with van der Waals surface area (Å²) in [6.07, 6.45) is 0. The van der Waals surface area contributed by atoms with Gasteiger partial charge in [0.1, 0.15) is 5.75 Å². The Balaban J connectivity index is 1.84. The van der Waals surface area contributed by atoms with Gasteiger partial charge in [-0.2, -0.15) is 4.31 Å².